The standard InChI is InChI=1S/C21H25N5O2/c1-13-8-14(2)17(15(3)9-13)26-10-16-18(24-26)22-20(23-19(16)27)25-6-4-21(5-7-25)11-28-12-21/h8-10H,4-7,11-12H2,1-3H3,(H,22,23,24,27). The van der Waals surface area contributed by atoms with Crippen molar-refractivity contribution in [3.8, 4) is 5.69 Å². The predicted molar refractivity (Wildman–Crippen MR) is 108 cm³/mol. The summed E-state index contributed by atoms with van der Waals surface area (Å²) in [6, 6.07) is 4.26. The van der Waals surface area contributed by atoms with Crippen LogP contribution in [0.5, 0.6) is 0 Å². The first-order valence-corrected chi connectivity index (χ1v) is 9.85. The van der Waals surface area contributed by atoms with Gasteiger partial charge in [-0.25, -0.2) is 4.68 Å². The van der Waals surface area contributed by atoms with Crippen LogP contribution in [-0.2, 0) is 4.74 Å². The van der Waals surface area contributed by atoms with E-state index in [0.717, 1.165) is 56.0 Å². The van der Waals surface area contributed by atoms with Crippen molar-refractivity contribution in [3.05, 3.63) is 45.4 Å². The highest BCUT2D eigenvalue weighted by molar-refractivity contribution is 5.75. The number of anilines is 1. The second-order valence-corrected chi connectivity index (χ2v) is 8.43. The Morgan fingerprint density at radius 3 is 2.39 bits per heavy atom. The van der Waals surface area contributed by atoms with Crippen molar-refractivity contribution in [1.82, 2.24) is 19.7 Å². The van der Waals surface area contributed by atoms with E-state index in [4.69, 9.17) is 4.74 Å². The highest BCUT2D eigenvalue weighted by Gasteiger charge is 2.41. The minimum atomic E-state index is -0.138. The molecule has 2 aliphatic heterocycles. The Hall–Kier alpha value is -2.67. The van der Waals surface area contributed by atoms with Crippen LogP contribution in [0.2, 0.25) is 0 Å². The molecular formula is C21H25N5O2. The number of piperidine rings is 1. The third-order valence-corrected chi connectivity index (χ3v) is 6.18. The van der Waals surface area contributed by atoms with Crippen molar-refractivity contribution >= 4 is 17.0 Å². The zero-order valence-corrected chi connectivity index (χ0v) is 16.6. The maximum absolute atomic E-state index is 12.7. The van der Waals surface area contributed by atoms with E-state index in [9.17, 15) is 4.79 Å². The van der Waals surface area contributed by atoms with Gasteiger partial charge in [-0.15, -0.1) is 5.10 Å². The number of H-pyrrole nitrogens is 1. The van der Waals surface area contributed by atoms with E-state index >= 15 is 0 Å². The molecule has 7 nitrogen and oxygen atoms in total. The van der Waals surface area contributed by atoms with Crippen LogP contribution in [0.3, 0.4) is 0 Å². The first-order valence-electron chi connectivity index (χ1n) is 9.85. The Balaban J connectivity index is 1.51. The molecule has 0 bridgehead atoms. The van der Waals surface area contributed by atoms with Crippen LogP contribution in [0.1, 0.15) is 29.5 Å². The summed E-state index contributed by atoms with van der Waals surface area (Å²) in [4.78, 5) is 22.5. The van der Waals surface area contributed by atoms with Gasteiger partial charge in [0.25, 0.3) is 5.56 Å². The average molecular weight is 379 g/mol. The number of benzene rings is 1. The van der Waals surface area contributed by atoms with Crippen LogP contribution in [0.25, 0.3) is 16.7 Å². The lowest BCUT2D eigenvalue weighted by molar-refractivity contribution is -0.124. The lowest BCUT2D eigenvalue weighted by Gasteiger charge is -2.47. The lowest BCUT2D eigenvalue weighted by atomic mass is 9.77. The number of nitrogens with one attached hydrogen (secondary N) is 1. The van der Waals surface area contributed by atoms with E-state index in [1.54, 1.807) is 10.9 Å². The molecule has 1 aromatic carbocycles. The molecule has 3 aromatic rings. The summed E-state index contributed by atoms with van der Waals surface area (Å²) in [5.41, 5.74) is 5.19. The Labute approximate surface area is 163 Å². The van der Waals surface area contributed by atoms with Gasteiger partial charge >= 0.3 is 0 Å². The van der Waals surface area contributed by atoms with Gasteiger partial charge in [-0.2, -0.15) is 4.98 Å². The van der Waals surface area contributed by atoms with Crippen LogP contribution in [0.15, 0.2) is 23.1 Å². The monoisotopic (exact) mass is 379 g/mol. The van der Waals surface area contributed by atoms with E-state index < -0.39 is 0 Å². The highest BCUT2D eigenvalue weighted by Crippen LogP contribution is 2.38. The van der Waals surface area contributed by atoms with E-state index in [1.165, 1.54) is 5.56 Å². The molecule has 1 spiro atoms. The first-order chi connectivity index (χ1) is 13.4. The molecule has 7 heteroatoms. The Bertz CT molecular complexity index is 1090. The number of rotatable bonds is 2. The molecule has 2 saturated heterocycles. The smallest absolute Gasteiger partial charge is 0.263 e. The average Bonchev–Trinajstić information content (AvgIpc) is 3.04. The van der Waals surface area contributed by atoms with E-state index in [2.05, 4.69) is 52.9 Å². The number of nitrogens with zero attached hydrogens (tertiary/aromatic N) is 4. The summed E-state index contributed by atoms with van der Waals surface area (Å²) >= 11 is 0. The van der Waals surface area contributed by atoms with Crippen molar-refractivity contribution in [1.29, 1.82) is 0 Å². The fourth-order valence-electron chi connectivity index (χ4n) is 4.58. The van der Waals surface area contributed by atoms with Gasteiger partial charge in [-0.05, 0) is 44.7 Å². The fraction of sp³-hybridized carbons (Fsp3) is 0.476. The highest BCUT2D eigenvalue weighted by atomic mass is 16.5. The molecule has 146 valence electrons. The lowest BCUT2D eigenvalue weighted by Crippen LogP contribution is -2.51. The van der Waals surface area contributed by atoms with Gasteiger partial charge in [0.15, 0.2) is 5.65 Å². The van der Waals surface area contributed by atoms with Gasteiger partial charge in [-0.1, -0.05) is 17.7 Å². The Morgan fingerprint density at radius 2 is 1.79 bits per heavy atom. The molecule has 0 atom stereocenters. The number of hydrogen-bond acceptors (Lipinski definition) is 5. The quantitative estimate of drug-likeness (QED) is 0.741. The fourth-order valence-corrected chi connectivity index (χ4v) is 4.58. The van der Waals surface area contributed by atoms with E-state index in [1.807, 2.05) is 0 Å². The van der Waals surface area contributed by atoms with Gasteiger partial charge in [-0.3, -0.25) is 9.78 Å². The van der Waals surface area contributed by atoms with E-state index in [-0.39, 0.29) is 5.56 Å². The molecule has 1 N–H and O–H groups in total. The van der Waals surface area contributed by atoms with Crippen molar-refractivity contribution < 1.29 is 4.74 Å². The molecular weight excluding hydrogens is 354 g/mol. The summed E-state index contributed by atoms with van der Waals surface area (Å²) in [6.07, 6.45) is 3.93. The van der Waals surface area contributed by atoms with E-state index in [0.29, 0.717) is 22.4 Å². The summed E-state index contributed by atoms with van der Waals surface area (Å²) in [5, 5.41) is 5.16. The van der Waals surface area contributed by atoms with Crippen molar-refractivity contribution in [3.63, 3.8) is 0 Å². The largest absolute Gasteiger partial charge is 0.380 e. The third kappa shape index (κ3) is 2.73. The number of aryl methyl sites for hydroxylation is 3. The van der Waals surface area contributed by atoms with Crippen LogP contribution < -0.4 is 10.5 Å². The minimum Gasteiger partial charge on any atom is -0.380 e. The second kappa shape index (κ2) is 6.17. The number of fused-ring (bicyclic) bond motifs is 1. The molecule has 28 heavy (non-hydrogen) atoms. The predicted octanol–water partition coefficient (Wildman–Crippen LogP) is 2.65. The van der Waals surface area contributed by atoms with Crippen molar-refractivity contribution in [2.45, 2.75) is 33.6 Å². The van der Waals surface area contributed by atoms with Crippen LogP contribution in [0.4, 0.5) is 5.95 Å². The molecule has 0 radical (unpaired) electrons. The first kappa shape index (κ1) is 17.4. The van der Waals surface area contributed by atoms with Crippen LogP contribution in [0, 0.1) is 26.2 Å². The second-order valence-electron chi connectivity index (χ2n) is 8.43. The van der Waals surface area contributed by atoms with Crippen molar-refractivity contribution in [2.75, 3.05) is 31.2 Å². The van der Waals surface area contributed by atoms with Gasteiger partial charge in [0, 0.05) is 24.7 Å². The summed E-state index contributed by atoms with van der Waals surface area (Å²) < 4.78 is 7.19. The molecule has 0 aliphatic carbocycles. The summed E-state index contributed by atoms with van der Waals surface area (Å²) in [5.74, 6) is 0.621. The number of ether oxygens (including phenoxy) is 1. The topological polar surface area (TPSA) is 76.0 Å². The van der Waals surface area contributed by atoms with Crippen LogP contribution in [-0.4, -0.2) is 46.1 Å². The van der Waals surface area contributed by atoms with Crippen molar-refractivity contribution in [2.24, 2.45) is 5.41 Å². The number of aromatic nitrogens is 4. The Kier molecular flexibility index (Phi) is 3.84. The molecule has 0 amide bonds. The maximum Gasteiger partial charge on any atom is 0.263 e. The minimum absolute atomic E-state index is 0.138. The van der Waals surface area contributed by atoms with Crippen LogP contribution >= 0.6 is 0 Å². The van der Waals surface area contributed by atoms with Gasteiger partial charge in [0.2, 0.25) is 5.95 Å². The normalized spacial score (nSPS) is 18.6. The van der Waals surface area contributed by atoms with Gasteiger partial charge in [0.05, 0.1) is 18.9 Å². The Morgan fingerprint density at radius 1 is 1.11 bits per heavy atom. The summed E-state index contributed by atoms with van der Waals surface area (Å²) in [7, 11) is 0. The zero-order chi connectivity index (χ0) is 19.5. The third-order valence-electron chi connectivity index (χ3n) is 6.18. The molecule has 4 heterocycles. The number of aromatic amines is 1. The molecule has 5 rings (SSSR count). The summed E-state index contributed by atoms with van der Waals surface area (Å²) in [6.45, 7) is 9.72. The van der Waals surface area contributed by atoms with Gasteiger partial charge < -0.3 is 9.64 Å². The molecule has 0 saturated carbocycles. The zero-order valence-electron chi connectivity index (χ0n) is 16.6. The number of hydrogen-bond donors (Lipinski definition) is 1. The maximum atomic E-state index is 12.7. The molecule has 2 aromatic heterocycles. The molecule has 2 aliphatic rings. The SMILES string of the molecule is Cc1cc(C)c(-n2cc3c(=O)[nH]c(N4CCC5(CC4)COC5)nc3n2)c(C)c1. The molecule has 2 fully saturated rings. The van der Waals surface area contributed by atoms with Gasteiger partial charge in [0.1, 0.15) is 5.39 Å². The molecule has 0 unspecified atom stereocenters.